The lowest BCUT2D eigenvalue weighted by Gasteiger charge is -2.02. The van der Waals surface area contributed by atoms with Crippen LogP contribution >= 0.6 is 0 Å². The van der Waals surface area contributed by atoms with Crippen LogP contribution in [0.2, 0.25) is 0 Å². The van der Waals surface area contributed by atoms with Crippen molar-refractivity contribution in [2.45, 2.75) is 6.42 Å². The first kappa shape index (κ1) is 14.9. The molecule has 0 bridgehead atoms. The third kappa shape index (κ3) is 3.79. The summed E-state index contributed by atoms with van der Waals surface area (Å²) in [6.45, 7) is 0.477. The molecule has 0 radical (unpaired) electrons. The van der Waals surface area contributed by atoms with E-state index in [4.69, 9.17) is 4.52 Å². The minimum Gasteiger partial charge on any atom is -0.355 e. The van der Waals surface area contributed by atoms with Crippen LogP contribution in [0.3, 0.4) is 0 Å². The molecule has 116 valence electrons. The second kappa shape index (κ2) is 6.83. The summed E-state index contributed by atoms with van der Waals surface area (Å²) in [5, 5.41) is 6.50. The zero-order valence-electron chi connectivity index (χ0n) is 12.2. The van der Waals surface area contributed by atoms with E-state index in [2.05, 4.69) is 15.5 Å². The topological polar surface area (TPSA) is 68.0 Å². The zero-order chi connectivity index (χ0) is 16.1. The van der Waals surface area contributed by atoms with Gasteiger partial charge in [-0.1, -0.05) is 17.3 Å². The fourth-order valence-electron chi connectivity index (χ4n) is 2.12. The highest BCUT2D eigenvalue weighted by Crippen LogP contribution is 2.20. The van der Waals surface area contributed by atoms with Gasteiger partial charge in [0.25, 0.3) is 5.91 Å². The van der Waals surface area contributed by atoms with Crippen molar-refractivity contribution in [3.05, 3.63) is 71.9 Å². The van der Waals surface area contributed by atoms with Crippen LogP contribution in [0, 0.1) is 5.82 Å². The Morgan fingerprint density at radius 3 is 2.78 bits per heavy atom. The maximum absolute atomic E-state index is 13.2. The van der Waals surface area contributed by atoms with E-state index in [1.807, 2.05) is 12.1 Å². The Morgan fingerprint density at radius 2 is 2.00 bits per heavy atom. The number of rotatable bonds is 5. The number of hydrogen-bond donors (Lipinski definition) is 1. The number of nitrogens with one attached hydrogen (secondary N) is 1. The number of carbonyl (C=O) groups is 1. The molecule has 1 aromatic carbocycles. The molecule has 1 amide bonds. The van der Waals surface area contributed by atoms with Crippen LogP contribution in [0.25, 0.3) is 11.3 Å². The number of hydrogen-bond acceptors (Lipinski definition) is 4. The maximum atomic E-state index is 13.2. The summed E-state index contributed by atoms with van der Waals surface area (Å²) in [5.74, 6) is -0.350. The number of carbonyl (C=O) groups excluding carboxylic acids is 1. The van der Waals surface area contributed by atoms with Gasteiger partial charge in [-0.25, -0.2) is 4.39 Å². The lowest BCUT2D eigenvalue weighted by Crippen LogP contribution is -2.25. The van der Waals surface area contributed by atoms with Gasteiger partial charge in [0.1, 0.15) is 5.82 Å². The molecule has 1 N–H and O–H groups in total. The molecule has 0 fully saturated rings. The van der Waals surface area contributed by atoms with Gasteiger partial charge >= 0.3 is 0 Å². The predicted octanol–water partition coefficient (Wildman–Crippen LogP) is 2.85. The van der Waals surface area contributed by atoms with Gasteiger partial charge in [0.2, 0.25) is 0 Å². The quantitative estimate of drug-likeness (QED) is 0.786. The van der Waals surface area contributed by atoms with Crippen LogP contribution < -0.4 is 5.32 Å². The first-order valence-corrected chi connectivity index (χ1v) is 7.12. The highest BCUT2D eigenvalue weighted by atomic mass is 19.1. The van der Waals surface area contributed by atoms with Crippen LogP contribution in [0.15, 0.2) is 59.4 Å². The molecule has 0 atom stereocenters. The molecule has 0 spiro atoms. The van der Waals surface area contributed by atoms with E-state index in [1.165, 1.54) is 18.2 Å². The van der Waals surface area contributed by atoms with Crippen molar-refractivity contribution in [1.82, 2.24) is 15.5 Å². The van der Waals surface area contributed by atoms with Gasteiger partial charge in [-0.3, -0.25) is 9.78 Å². The molecule has 3 rings (SSSR count). The van der Waals surface area contributed by atoms with Crippen molar-refractivity contribution in [1.29, 1.82) is 0 Å². The molecule has 0 unspecified atom stereocenters. The molecule has 5 nitrogen and oxygen atoms in total. The van der Waals surface area contributed by atoms with Crippen molar-refractivity contribution in [3.8, 4) is 11.3 Å². The van der Waals surface area contributed by atoms with Gasteiger partial charge in [0.05, 0.1) is 0 Å². The Hall–Kier alpha value is -3.02. The molecule has 0 aliphatic heterocycles. The standard InChI is InChI=1S/C17H14FN3O2/c18-14-3-1-2-13(10-14)16-11-15(21-23-16)17(22)20-9-6-12-4-7-19-8-5-12/h1-5,7-8,10-11H,6,9H2,(H,20,22). The smallest absolute Gasteiger partial charge is 0.273 e. The van der Waals surface area contributed by atoms with Crippen LogP contribution in [0.5, 0.6) is 0 Å². The number of benzene rings is 1. The van der Waals surface area contributed by atoms with Gasteiger partial charge in [-0.2, -0.15) is 0 Å². The van der Waals surface area contributed by atoms with Gasteiger partial charge in [0.15, 0.2) is 11.5 Å². The Balaban J connectivity index is 1.60. The largest absolute Gasteiger partial charge is 0.355 e. The normalized spacial score (nSPS) is 10.5. The lowest BCUT2D eigenvalue weighted by molar-refractivity contribution is 0.0945. The van der Waals surface area contributed by atoms with Crippen molar-refractivity contribution < 1.29 is 13.7 Å². The fraction of sp³-hybridized carbons (Fsp3) is 0.118. The first-order valence-electron chi connectivity index (χ1n) is 7.12. The number of nitrogens with zero attached hydrogens (tertiary/aromatic N) is 2. The van der Waals surface area contributed by atoms with Gasteiger partial charge in [-0.15, -0.1) is 0 Å². The summed E-state index contributed by atoms with van der Waals surface area (Å²) in [6, 6.07) is 11.2. The fourth-order valence-corrected chi connectivity index (χ4v) is 2.12. The molecule has 0 aliphatic carbocycles. The number of aromatic nitrogens is 2. The SMILES string of the molecule is O=C(NCCc1ccncc1)c1cc(-c2cccc(F)c2)on1. The Bertz CT molecular complexity index is 802. The average Bonchev–Trinajstić information content (AvgIpc) is 3.06. The molecule has 0 saturated heterocycles. The van der Waals surface area contributed by atoms with E-state index < -0.39 is 0 Å². The van der Waals surface area contributed by atoms with Crippen molar-refractivity contribution in [3.63, 3.8) is 0 Å². The van der Waals surface area contributed by atoms with Crippen LogP contribution in [-0.2, 0) is 6.42 Å². The van der Waals surface area contributed by atoms with E-state index in [0.717, 1.165) is 5.56 Å². The summed E-state index contributed by atoms with van der Waals surface area (Å²) in [6.07, 6.45) is 4.11. The van der Waals surface area contributed by atoms with E-state index >= 15 is 0 Å². The summed E-state index contributed by atoms with van der Waals surface area (Å²) in [7, 11) is 0. The zero-order valence-corrected chi connectivity index (χ0v) is 12.2. The summed E-state index contributed by atoms with van der Waals surface area (Å²) in [4.78, 5) is 16.0. The Kier molecular flexibility index (Phi) is 4.42. The summed E-state index contributed by atoms with van der Waals surface area (Å²) in [5.41, 5.74) is 1.79. The van der Waals surface area contributed by atoms with E-state index in [-0.39, 0.29) is 17.4 Å². The van der Waals surface area contributed by atoms with Crippen molar-refractivity contribution in [2.24, 2.45) is 0 Å². The van der Waals surface area contributed by atoms with Crippen molar-refractivity contribution in [2.75, 3.05) is 6.54 Å². The molecule has 6 heteroatoms. The van der Waals surface area contributed by atoms with Gasteiger partial charge < -0.3 is 9.84 Å². The lowest BCUT2D eigenvalue weighted by atomic mass is 10.1. The molecular formula is C17H14FN3O2. The van der Waals surface area contributed by atoms with E-state index in [1.54, 1.807) is 24.5 Å². The second-order valence-corrected chi connectivity index (χ2v) is 4.95. The van der Waals surface area contributed by atoms with Crippen molar-refractivity contribution >= 4 is 5.91 Å². The number of pyridine rings is 1. The van der Waals surface area contributed by atoms with Crippen LogP contribution in [0.1, 0.15) is 16.1 Å². The highest BCUT2D eigenvalue weighted by molar-refractivity contribution is 5.93. The third-order valence-corrected chi connectivity index (χ3v) is 3.30. The molecule has 2 aromatic heterocycles. The van der Waals surface area contributed by atoms with E-state index in [0.29, 0.717) is 24.3 Å². The van der Waals surface area contributed by atoms with Gasteiger partial charge in [-0.05, 0) is 36.2 Å². The third-order valence-electron chi connectivity index (χ3n) is 3.30. The molecule has 23 heavy (non-hydrogen) atoms. The minimum atomic E-state index is -0.373. The van der Waals surface area contributed by atoms with E-state index in [9.17, 15) is 9.18 Å². The molecule has 3 aromatic rings. The molecular weight excluding hydrogens is 297 g/mol. The predicted molar refractivity (Wildman–Crippen MR) is 82.2 cm³/mol. The first-order chi connectivity index (χ1) is 11.2. The minimum absolute atomic E-state index is 0.166. The number of halogens is 1. The summed E-state index contributed by atoms with van der Waals surface area (Å²) < 4.78 is 18.3. The molecule has 0 saturated carbocycles. The number of amides is 1. The summed E-state index contributed by atoms with van der Waals surface area (Å²) >= 11 is 0. The molecule has 0 aliphatic rings. The maximum Gasteiger partial charge on any atom is 0.273 e. The highest BCUT2D eigenvalue weighted by Gasteiger charge is 2.13. The Labute approximate surface area is 132 Å². The van der Waals surface area contributed by atoms with Gasteiger partial charge in [0, 0.05) is 30.6 Å². The Morgan fingerprint density at radius 1 is 1.17 bits per heavy atom. The average molecular weight is 311 g/mol. The second-order valence-electron chi connectivity index (χ2n) is 4.95. The monoisotopic (exact) mass is 311 g/mol. The van der Waals surface area contributed by atoms with Crippen LogP contribution in [0.4, 0.5) is 4.39 Å². The van der Waals surface area contributed by atoms with Crippen LogP contribution in [-0.4, -0.2) is 22.6 Å². The molecule has 2 heterocycles.